The highest BCUT2D eigenvalue weighted by Gasteiger charge is 2.66. The number of rotatable bonds is 10. The molecule has 0 atom stereocenters. The first-order chi connectivity index (χ1) is 18.1. The first-order valence-corrected chi connectivity index (χ1v) is 12.4. The van der Waals surface area contributed by atoms with Crippen molar-refractivity contribution >= 4 is 23.3 Å². The molecule has 11 heteroatoms. The van der Waals surface area contributed by atoms with E-state index in [2.05, 4.69) is 21.5 Å². The summed E-state index contributed by atoms with van der Waals surface area (Å²) < 4.78 is 50.9. The second kappa shape index (κ2) is 11.4. The van der Waals surface area contributed by atoms with Crippen LogP contribution in [0.15, 0.2) is 52.7 Å². The fraction of sp³-hybridized carbons (Fsp3) is 0.407. The molecule has 0 bridgehead atoms. The van der Waals surface area contributed by atoms with Crippen LogP contribution in [-0.4, -0.2) is 37.1 Å². The number of amides is 1. The van der Waals surface area contributed by atoms with Gasteiger partial charge in [0.25, 0.3) is 5.91 Å². The summed E-state index contributed by atoms with van der Waals surface area (Å²) in [4.78, 5) is 24.7. The summed E-state index contributed by atoms with van der Waals surface area (Å²) in [5.74, 6) is 2.98. The molecular weight excluding hydrogens is 523 g/mol. The number of ether oxygens (including phenoxy) is 2. The van der Waals surface area contributed by atoms with Gasteiger partial charge in [-0.05, 0) is 74.1 Å². The summed E-state index contributed by atoms with van der Waals surface area (Å²) in [6.45, 7) is -0.380. The van der Waals surface area contributed by atoms with Crippen molar-refractivity contribution in [1.82, 2.24) is 5.32 Å². The maximum absolute atomic E-state index is 13.3. The molecule has 0 spiro atoms. The molecule has 2 aliphatic rings. The molecule has 2 aromatic rings. The molecule has 7 nitrogen and oxygen atoms in total. The minimum absolute atomic E-state index is 0.00773. The standard InChI is InChI=1S/C27H25ClF3N3O4/c1-2-17-5-9-21(10-6-17)37-15-20(35)13-18-3-7-19(8-4-18)32-25(36)16-38-22-11-12-24(28)23(14-22)26(33-34-26)27(29,30)31/h1,5-6,9-12,14,18-19H,3-4,7-8,13,15-16H2,(H,32,36). The summed E-state index contributed by atoms with van der Waals surface area (Å²) in [5, 5.41) is 9.03. The number of ketones is 1. The van der Waals surface area contributed by atoms with Gasteiger partial charge in [-0.3, -0.25) is 9.59 Å². The van der Waals surface area contributed by atoms with Crippen molar-refractivity contribution in [2.24, 2.45) is 16.1 Å². The van der Waals surface area contributed by atoms with Gasteiger partial charge in [-0.1, -0.05) is 17.5 Å². The van der Waals surface area contributed by atoms with Crippen molar-refractivity contribution in [3.63, 3.8) is 0 Å². The SMILES string of the molecule is C#Cc1ccc(OCC(=O)CC2CCC(NC(=O)COc3ccc(Cl)c(C4(C(F)(F)F)N=N4)c3)CC2)cc1. The van der Waals surface area contributed by atoms with Gasteiger partial charge in [-0.25, -0.2) is 0 Å². The lowest BCUT2D eigenvalue weighted by Gasteiger charge is -2.28. The van der Waals surface area contributed by atoms with Crippen LogP contribution in [-0.2, 0) is 15.3 Å². The minimum Gasteiger partial charge on any atom is -0.486 e. The third kappa shape index (κ3) is 6.64. The zero-order valence-corrected chi connectivity index (χ0v) is 21.0. The molecule has 1 aliphatic heterocycles. The van der Waals surface area contributed by atoms with Crippen LogP contribution in [0.1, 0.15) is 43.2 Å². The summed E-state index contributed by atoms with van der Waals surface area (Å²) in [7, 11) is 0. The first-order valence-electron chi connectivity index (χ1n) is 12.0. The minimum atomic E-state index is -4.72. The van der Waals surface area contributed by atoms with Crippen LogP contribution in [0.3, 0.4) is 0 Å². The van der Waals surface area contributed by atoms with E-state index in [4.69, 9.17) is 27.5 Å². The Balaban J connectivity index is 1.17. The highest BCUT2D eigenvalue weighted by atomic mass is 35.5. The molecule has 1 N–H and O–H groups in total. The largest absolute Gasteiger partial charge is 0.486 e. The van der Waals surface area contributed by atoms with E-state index in [0.29, 0.717) is 25.0 Å². The molecule has 1 saturated carbocycles. The fourth-order valence-corrected chi connectivity index (χ4v) is 4.66. The lowest BCUT2D eigenvalue weighted by atomic mass is 9.83. The van der Waals surface area contributed by atoms with Crippen molar-refractivity contribution < 1.29 is 32.2 Å². The van der Waals surface area contributed by atoms with Gasteiger partial charge in [0.15, 0.2) is 12.4 Å². The number of terminal acetylenes is 1. The Labute approximate surface area is 222 Å². The number of hydrogen-bond donors (Lipinski definition) is 1. The molecule has 0 aromatic heterocycles. The van der Waals surface area contributed by atoms with Crippen molar-refractivity contribution in [3.8, 4) is 23.8 Å². The van der Waals surface area contributed by atoms with Crippen molar-refractivity contribution in [2.75, 3.05) is 13.2 Å². The molecule has 1 aliphatic carbocycles. The van der Waals surface area contributed by atoms with Gasteiger partial charge in [0.05, 0.1) is 0 Å². The molecule has 1 fully saturated rings. The Morgan fingerprint density at radius 2 is 1.66 bits per heavy atom. The van der Waals surface area contributed by atoms with Crippen LogP contribution >= 0.6 is 11.6 Å². The van der Waals surface area contributed by atoms with Crippen LogP contribution in [0, 0.1) is 18.3 Å². The smallest absolute Gasteiger partial charge is 0.442 e. The van der Waals surface area contributed by atoms with Crippen LogP contribution in [0.5, 0.6) is 11.5 Å². The Bertz CT molecular complexity index is 1240. The van der Waals surface area contributed by atoms with Gasteiger partial charge in [0, 0.05) is 28.6 Å². The molecule has 0 radical (unpaired) electrons. The topological polar surface area (TPSA) is 89.3 Å². The van der Waals surface area contributed by atoms with Crippen molar-refractivity contribution in [3.05, 3.63) is 58.6 Å². The van der Waals surface area contributed by atoms with E-state index in [9.17, 15) is 22.8 Å². The van der Waals surface area contributed by atoms with Gasteiger partial charge in [-0.2, -0.15) is 13.2 Å². The second-order valence-electron chi connectivity index (χ2n) is 9.29. The third-order valence-corrected chi connectivity index (χ3v) is 6.86. The number of nitrogens with one attached hydrogen (secondary N) is 1. The lowest BCUT2D eigenvalue weighted by Crippen LogP contribution is -2.40. The fourth-order valence-electron chi connectivity index (χ4n) is 4.41. The van der Waals surface area contributed by atoms with E-state index in [1.54, 1.807) is 24.3 Å². The number of nitrogens with zero attached hydrogens (tertiary/aromatic N) is 2. The van der Waals surface area contributed by atoms with E-state index in [-0.39, 0.29) is 47.3 Å². The zero-order valence-electron chi connectivity index (χ0n) is 20.3. The molecule has 1 heterocycles. The monoisotopic (exact) mass is 547 g/mol. The lowest BCUT2D eigenvalue weighted by molar-refractivity contribution is -0.166. The van der Waals surface area contributed by atoms with Crippen LogP contribution in [0.4, 0.5) is 13.2 Å². The Morgan fingerprint density at radius 1 is 1.03 bits per heavy atom. The number of Topliss-reactive ketones (excluding diaryl/α,β-unsaturated/α-hetero) is 1. The molecule has 0 unspecified atom stereocenters. The third-order valence-electron chi connectivity index (χ3n) is 6.53. The normalized spacial score (nSPS) is 19.8. The van der Waals surface area contributed by atoms with Crippen molar-refractivity contribution in [1.29, 1.82) is 0 Å². The highest BCUT2D eigenvalue weighted by molar-refractivity contribution is 6.31. The van der Waals surface area contributed by atoms with E-state index < -0.39 is 17.7 Å². The van der Waals surface area contributed by atoms with Gasteiger partial charge in [-0.15, -0.1) is 16.7 Å². The summed E-state index contributed by atoms with van der Waals surface area (Å²) in [5.41, 5.74) is -2.28. The molecule has 38 heavy (non-hydrogen) atoms. The summed E-state index contributed by atoms with van der Waals surface area (Å²) in [6, 6.07) is 10.6. The number of hydrogen-bond acceptors (Lipinski definition) is 6. The maximum atomic E-state index is 13.3. The number of alkyl halides is 3. The number of halogens is 4. The Morgan fingerprint density at radius 3 is 2.26 bits per heavy atom. The predicted molar refractivity (Wildman–Crippen MR) is 133 cm³/mol. The van der Waals surface area contributed by atoms with E-state index in [1.807, 2.05) is 0 Å². The number of benzene rings is 2. The van der Waals surface area contributed by atoms with Crippen LogP contribution in [0.25, 0.3) is 0 Å². The molecular formula is C27H25ClF3N3O4. The Hall–Kier alpha value is -3.58. The molecule has 0 saturated heterocycles. The molecule has 1 amide bonds. The van der Waals surface area contributed by atoms with E-state index in [0.717, 1.165) is 24.5 Å². The second-order valence-corrected chi connectivity index (χ2v) is 9.69. The molecule has 200 valence electrons. The van der Waals surface area contributed by atoms with E-state index in [1.165, 1.54) is 12.1 Å². The predicted octanol–water partition coefficient (Wildman–Crippen LogP) is 5.59. The number of carbonyl (C=O) groups is 2. The van der Waals surface area contributed by atoms with Crippen LogP contribution < -0.4 is 14.8 Å². The average Bonchev–Trinajstić information content (AvgIpc) is 3.71. The van der Waals surface area contributed by atoms with Crippen molar-refractivity contribution in [2.45, 2.75) is 50.0 Å². The Kier molecular flexibility index (Phi) is 8.26. The summed E-state index contributed by atoms with van der Waals surface area (Å²) >= 11 is 5.93. The first kappa shape index (κ1) is 27.5. The van der Waals surface area contributed by atoms with Crippen LogP contribution in [0.2, 0.25) is 5.02 Å². The van der Waals surface area contributed by atoms with Gasteiger partial charge in [0.2, 0.25) is 0 Å². The molecule has 4 rings (SSSR count). The summed E-state index contributed by atoms with van der Waals surface area (Å²) in [6.07, 6.45) is 3.98. The van der Waals surface area contributed by atoms with Gasteiger partial charge < -0.3 is 14.8 Å². The zero-order chi connectivity index (χ0) is 27.3. The molecule has 2 aromatic carbocycles. The quantitative estimate of drug-likeness (QED) is 0.392. The van der Waals surface area contributed by atoms with Gasteiger partial charge in [0.1, 0.15) is 18.1 Å². The van der Waals surface area contributed by atoms with Gasteiger partial charge >= 0.3 is 11.8 Å². The maximum Gasteiger partial charge on any atom is 0.442 e. The number of carbonyl (C=O) groups excluding carboxylic acids is 2. The van der Waals surface area contributed by atoms with E-state index >= 15 is 0 Å². The highest BCUT2D eigenvalue weighted by Crippen LogP contribution is 2.54. The average molecular weight is 548 g/mol.